The lowest BCUT2D eigenvalue weighted by atomic mass is 10.2. The van der Waals surface area contributed by atoms with Gasteiger partial charge in [0.1, 0.15) is 5.52 Å². The average molecular weight is 303 g/mol. The number of rotatable bonds is 5. The maximum Gasteiger partial charge on any atom is 0.160 e. The molecule has 23 heavy (non-hydrogen) atoms. The summed E-state index contributed by atoms with van der Waals surface area (Å²) in [5.41, 5.74) is 5.22. The number of hydrogen-bond donors (Lipinski definition) is 0. The van der Waals surface area contributed by atoms with E-state index in [0.717, 1.165) is 28.7 Å². The molecule has 2 aromatic carbocycles. The van der Waals surface area contributed by atoms with Gasteiger partial charge in [0.2, 0.25) is 0 Å². The first-order valence-corrected chi connectivity index (χ1v) is 8.52. The monoisotopic (exact) mass is 303 g/mol. The maximum absolute atomic E-state index is 4.91. The van der Waals surface area contributed by atoms with Gasteiger partial charge in [0.05, 0.1) is 16.6 Å². The first kappa shape index (κ1) is 14.2. The van der Waals surface area contributed by atoms with Crippen molar-refractivity contribution < 1.29 is 0 Å². The van der Waals surface area contributed by atoms with E-state index in [2.05, 4.69) is 35.8 Å². The van der Waals surface area contributed by atoms with Crippen LogP contribution in [0.4, 0.5) is 0 Å². The fraction of sp³-hybridized carbons (Fsp3) is 0.300. The largest absolute Gasteiger partial charge is 0.324 e. The van der Waals surface area contributed by atoms with Crippen molar-refractivity contribution in [2.75, 3.05) is 0 Å². The molecule has 0 saturated carbocycles. The van der Waals surface area contributed by atoms with Gasteiger partial charge in [0.25, 0.3) is 0 Å². The van der Waals surface area contributed by atoms with Crippen LogP contribution < -0.4 is 0 Å². The number of para-hydroxylation sites is 3. The van der Waals surface area contributed by atoms with Gasteiger partial charge in [-0.25, -0.2) is 9.97 Å². The summed E-state index contributed by atoms with van der Waals surface area (Å²) in [6.07, 6.45) is 5.02. The van der Waals surface area contributed by atoms with Gasteiger partial charge in [0, 0.05) is 11.9 Å². The third-order valence-electron chi connectivity index (χ3n) is 4.49. The fourth-order valence-electron chi connectivity index (χ4n) is 3.31. The molecule has 0 saturated heterocycles. The Morgan fingerprint density at radius 3 is 2.39 bits per heavy atom. The van der Waals surface area contributed by atoms with Crippen LogP contribution in [0.25, 0.3) is 33.1 Å². The predicted molar refractivity (Wildman–Crippen MR) is 96.7 cm³/mol. The van der Waals surface area contributed by atoms with E-state index in [1.165, 1.54) is 36.6 Å². The summed E-state index contributed by atoms with van der Waals surface area (Å²) in [4.78, 5) is 9.80. The lowest BCUT2D eigenvalue weighted by Gasteiger charge is -2.06. The van der Waals surface area contributed by atoms with E-state index in [1.807, 2.05) is 24.3 Å². The van der Waals surface area contributed by atoms with Crippen molar-refractivity contribution in [3.8, 4) is 0 Å². The van der Waals surface area contributed by atoms with Crippen LogP contribution >= 0.6 is 0 Å². The molecule has 3 heteroatoms. The van der Waals surface area contributed by atoms with Crippen LogP contribution in [0.5, 0.6) is 0 Å². The lowest BCUT2D eigenvalue weighted by molar-refractivity contribution is 0.600. The average Bonchev–Trinajstić information content (AvgIpc) is 2.90. The number of hydrogen-bond acceptors (Lipinski definition) is 2. The fourth-order valence-corrected chi connectivity index (χ4v) is 3.31. The van der Waals surface area contributed by atoms with Crippen LogP contribution in [0, 0.1) is 0 Å². The topological polar surface area (TPSA) is 30.7 Å². The minimum atomic E-state index is 0.967. The molecule has 0 unspecified atom stereocenters. The predicted octanol–water partition coefficient (Wildman–Crippen LogP) is 5.32. The molecule has 4 aromatic rings. The van der Waals surface area contributed by atoms with Crippen LogP contribution in [0.2, 0.25) is 0 Å². The van der Waals surface area contributed by atoms with Gasteiger partial charge >= 0.3 is 0 Å². The van der Waals surface area contributed by atoms with Gasteiger partial charge in [-0.1, -0.05) is 56.5 Å². The quantitative estimate of drug-likeness (QED) is 0.467. The van der Waals surface area contributed by atoms with Crippen molar-refractivity contribution >= 4 is 33.1 Å². The first-order chi connectivity index (χ1) is 11.4. The molecule has 0 aliphatic carbocycles. The van der Waals surface area contributed by atoms with E-state index >= 15 is 0 Å². The second-order valence-electron chi connectivity index (χ2n) is 6.11. The summed E-state index contributed by atoms with van der Waals surface area (Å²) < 4.78 is 2.35. The van der Waals surface area contributed by atoms with Crippen molar-refractivity contribution in [3.05, 3.63) is 48.5 Å². The van der Waals surface area contributed by atoms with Crippen molar-refractivity contribution in [3.63, 3.8) is 0 Å². The number of benzene rings is 2. The smallest absolute Gasteiger partial charge is 0.160 e. The standard InChI is InChI=1S/C20H21N3/c1-2-3-4-9-14-23-18-13-8-5-10-15(18)19-20(23)22-17-12-7-6-11-16(17)21-19/h5-8,10-13H,2-4,9,14H2,1H3. The Morgan fingerprint density at radius 1 is 0.826 bits per heavy atom. The van der Waals surface area contributed by atoms with Crippen LogP contribution in [0.15, 0.2) is 48.5 Å². The molecule has 0 aliphatic heterocycles. The molecular formula is C20H21N3. The van der Waals surface area contributed by atoms with Crippen molar-refractivity contribution in [1.29, 1.82) is 0 Å². The number of aryl methyl sites for hydroxylation is 1. The highest BCUT2D eigenvalue weighted by molar-refractivity contribution is 6.06. The van der Waals surface area contributed by atoms with E-state index in [0.29, 0.717) is 0 Å². The van der Waals surface area contributed by atoms with Gasteiger partial charge in [-0.2, -0.15) is 0 Å². The summed E-state index contributed by atoms with van der Waals surface area (Å²) >= 11 is 0. The third-order valence-corrected chi connectivity index (χ3v) is 4.49. The summed E-state index contributed by atoms with van der Waals surface area (Å²) in [6, 6.07) is 16.6. The number of unbranched alkanes of at least 4 members (excludes halogenated alkanes) is 3. The molecule has 0 fully saturated rings. The van der Waals surface area contributed by atoms with Gasteiger partial charge < -0.3 is 4.57 Å². The molecule has 4 rings (SSSR count). The van der Waals surface area contributed by atoms with Crippen molar-refractivity contribution in [2.45, 2.75) is 39.2 Å². The molecule has 0 amide bonds. The van der Waals surface area contributed by atoms with Crippen LogP contribution in [-0.4, -0.2) is 14.5 Å². The molecule has 2 aromatic heterocycles. The Kier molecular flexibility index (Phi) is 3.70. The lowest BCUT2D eigenvalue weighted by Crippen LogP contribution is -1.99. The third kappa shape index (κ3) is 2.46. The Bertz CT molecular complexity index is 969. The Balaban J connectivity index is 1.91. The number of fused-ring (bicyclic) bond motifs is 4. The Morgan fingerprint density at radius 2 is 1.57 bits per heavy atom. The Labute approximate surface area is 136 Å². The van der Waals surface area contributed by atoms with Crippen molar-refractivity contribution in [2.24, 2.45) is 0 Å². The highest BCUT2D eigenvalue weighted by atomic mass is 15.1. The van der Waals surface area contributed by atoms with E-state index < -0.39 is 0 Å². The van der Waals surface area contributed by atoms with Crippen LogP contribution in [0.1, 0.15) is 32.6 Å². The van der Waals surface area contributed by atoms with Crippen molar-refractivity contribution in [1.82, 2.24) is 14.5 Å². The van der Waals surface area contributed by atoms with E-state index in [9.17, 15) is 0 Å². The number of aromatic nitrogens is 3. The second kappa shape index (κ2) is 5.99. The molecule has 0 radical (unpaired) electrons. The SMILES string of the molecule is CCCCCCn1c2ccccc2c2nc3ccccc3nc21. The molecule has 0 spiro atoms. The summed E-state index contributed by atoms with van der Waals surface area (Å²) in [6.45, 7) is 3.26. The summed E-state index contributed by atoms with van der Waals surface area (Å²) in [5, 5.41) is 1.20. The van der Waals surface area contributed by atoms with Gasteiger partial charge in [-0.3, -0.25) is 0 Å². The molecule has 116 valence electrons. The molecular weight excluding hydrogens is 282 g/mol. The highest BCUT2D eigenvalue weighted by Gasteiger charge is 2.13. The first-order valence-electron chi connectivity index (χ1n) is 8.52. The molecule has 0 aliphatic rings. The van der Waals surface area contributed by atoms with Gasteiger partial charge in [-0.15, -0.1) is 0 Å². The zero-order chi connectivity index (χ0) is 15.6. The minimum absolute atomic E-state index is 0.967. The van der Waals surface area contributed by atoms with Gasteiger partial charge in [0.15, 0.2) is 5.65 Å². The highest BCUT2D eigenvalue weighted by Crippen LogP contribution is 2.28. The molecule has 3 nitrogen and oxygen atoms in total. The van der Waals surface area contributed by atoms with E-state index in [-0.39, 0.29) is 0 Å². The van der Waals surface area contributed by atoms with E-state index in [4.69, 9.17) is 9.97 Å². The zero-order valence-corrected chi connectivity index (χ0v) is 13.5. The molecule has 0 bridgehead atoms. The zero-order valence-electron chi connectivity index (χ0n) is 13.5. The normalized spacial score (nSPS) is 11.7. The van der Waals surface area contributed by atoms with Gasteiger partial charge in [-0.05, 0) is 24.6 Å². The molecule has 0 N–H and O–H groups in total. The van der Waals surface area contributed by atoms with Crippen LogP contribution in [0.3, 0.4) is 0 Å². The van der Waals surface area contributed by atoms with Crippen LogP contribution in [-0.2, 0) is 6.54 Å². The van der Waals surface area contributed by atoms with E-state index in [1.54, 1.807) is 0 Å². The maximum atomic E-state index is 4.91. The molecule has 2 heterocycles. The second-order valence-corrected chi connectivity index (χ2v) is 6.11. The summed E-state index contributed by atoms with van der Waals surface area (Å²) in [5.74, 6) is 0. The molecule has 0 atom stereocenters. The summed E-state index contributed by atoms with van der Waals surface area (Å²) in [7, 11) is 0. The minimum Gasteiger partial charge on any atom is -0.324 e. The Hall–Kier alpha value is -2.42. The number of nitrogens with zero attached hydrogens (tertiary/aromatic N) is 3.